The van der Waals surface area contributed by atoms with E-state index >= 15 is 0 Å². The fraction of sp³-hybridized carbons (Fsp3) is 0.905. The third-order valence-corrected chi connectivity index (χ3v) is 8.48. The standard InChI is InChI=1S/C21H37NO2/c1-4-14-5-6-18-17(12-22)19(8-10-20(14,18)2)21(3)9-7-16(24)11-15(21)13-23/h4,15-19,23-24H,5-13,22H2,1-3H3/t15-,16+,17+,18?,19?,20-,21+/m1/s1. The topological polar surface area (TPSA) is 66.5 Å². The van der Waals surface area contributed by atoms with Crippen LogP contribution in [-0.2, 0) is 0 Å². The number of aliphatic hydroxyl groups excluding tert-OH is 2. The highest BCUT2D eigenvalue weighted by Gasteiger charge is 2.56. The summed E-state index contributed by atoms with van der Waals surface area (Å²) in [6.07, 6.45) is 9.76. The van der Waals surface area contributed by atoms with Gasteiger partial charge in [0, 0.05) is 6.61 Å². The average molecular weight is 336 g/mol. The Morgan fingerprint density at radius 2 is 1.92 bits per heavy atom. The average Bonchev–Trinajstić information content (AvgIpc) is 2.92. The second-order valence-electron chi connectivity index (χ2n) is 9.23. The van der Waals surface area contributed by atoms with Crippen LogP contribution in [0.15, 0.2) is 11.6 Å². The van der Waals surface area contributed by atoms with Crippen molar-refractivity contribution in [3.8, 4) is 0 Å². The monoisotopic (exact) mass is 335 g/mol. The van der Waals surface area contributed by atoms with E-state index < -0.39 is 0 Å². The van der Waals surface area contributed by atoms with Gasteiger partial charge in [-0.25, -0.2) is 0 Å². The molecular weight excluding hydrogens is 298 g/mol. The van der Waals surface area contributed by atoms with Crippen LogP contribution in [0.4, 0.5) is 0 Å². The van der Waals surface area contributed by atoms with Gasteiger partial charge in [0.2, 0.25) is 0 Å². The van der Waals surface area contributed by atoms with E-state index in [1.807, 2.05) is 0 Å². The van der Waals surface area contributed by atoms with Crippen LogP contribution < -0.4 is 5.73 Å². The Bertz CT molecular complexity index is 490. The summed E-state index contributed by atoms with van der Waals surface area (Å²) in [7, 11) is 0. The molecule has 24 heavy (non-hydrogen) atoms. The van der Waals surface area contributed by atoms with Crippen molar-refractivity contribution in [1.82, 2.24) is 0 Å². The molecule has 0 saturated heterocycles. The van der Waals surface area contributed by atoms with Crippen molar-refractivity contribution < 1.29 is 10.2 Å². The lowest BCUT2D eigenvalue weighted by molar-refractivity contribution is -0.0917. The number of allylic oxidation sites excluding steroid dienone is 2. The Hall–Kier alpha value is -0.380. The maximum atomic E-state index is 10.1. The smallest absolute Gasteiger partial charge is 0.0544 e. The Kier molecular flexibility index (Phi) is 5.17. The van der Waals surface area contributed by atoms with Gasteiger partial charge in [0.1, 0.15) is 0 Å². The Balaban J connectivity index is 1.89. The minimum Gasteiger partial charge on any atom is -0.396 e. The zero-order valence-electron chi connectivity index (χ0n) is 15.8. The second kappa shape index (κ2) is 6.74. The zero-order chi connectivity index (χ0) is 17.5. The van der Waals surface area contributed by atoms with Crippen molar-refractivity contribution in [2.45, 2.75) is 71.8 Å². The summed E-state index contributed by atoms with van der Waals surface area (Å²) in [6, 6.07) is 0. The molecule has 0 aliphatic heterocycles. The molecule has 0 radical (unpaired) electrons. The number of aliphatic hydroxyl groups is 2. The molecular formula is C21H37NO2. The SMILES string of the molecule is CC=C1CCC2[C@H](CN)C([C@@]3(C)CC[C@H](O)C[C@@H]3CO)CC[C@]12C. The first-order chi connectivity index (χ1) is 11.4. The van der Waals surface area contributed by atoms with Crippen LogP contribution >= 0.6 is 0 Å². The van der Waals surface area contributed by atoms with Crippen molar-refractivity contribution in [2.24, 2.45) is 40.2 Å². The molecule has 3 aliphatic carbocycles. The number of rotatable bonds is 3. The van der Waals surface area contributed by atoms with Gasteiger partial charge in [0.15, 0.2) is 0 Å². The van der Waals surface area contributed by atoms with Crippen molar-refractivity contribution in [1.29, 1.82) is 0 Å². The normalized spacial score (nSPS) is 50.9. The summed E-state index contributed by atoms with van der Waals surface area (Å²) < 4.78 is 0. The van der Waals surface area contributed by atoms with E-state index in [-0.39, 0.29) is 24.0 Å². The van der Waals surface area contributed by atoms with Crippen LogP contribution in [0.3, 0.4) is 0 Å². The lowest BCUT2D eigenvalue weighted by Gasteiger charge is -2.56. The van der Waals surface area contributed by atoms with Gasteiger partial charge >= 0.3 is 0 Å². The molecule has 3 aliphatic rings. The molecule has 0 spiro atoms. The highest BCUT2D eigenvalue weighted by atomic mass is 16.3. The summed E-state index contributed by atoms with van der Waals surface area (Å²) >= 11 is 0. The van der Waals surface area contributed by atoms with Gasteiger partial charge in [-0.2, -0.15) is 0 Å². The number of hydrogen-bond donors (Lipinski definition) is 3. The molecule has 0 aromatic carbocycles. The van der Waals surface area contributed by atoms with Crippen LogP contribution in [0.25, 0.3) is 0 Å². The van der Waals surface area contributed by atoms with Gasteiger partial charge < -0.3 is 15.9 Å². The molecule has 3 fully saturated rings. The van der Waals surface area contributed by atoms with Gasteiger partial charge in [0.05, 0.1) is 6.10 Å². The maximum Gasteiger partial charge on any atom is 0.0544 e. The minimum absolute atomic E-state index is 0.123. The lowest BCUT2D eigenvalue weighted by atomic mass is 9.49. The highest BCUT2D eigenvalue weighted by molar-refractivity contribution is 5.23. The summed E-state index contributed by atoms with van der Waals surface area (Å²) in [4.78, 5) is 0. The Morgan fingerprint density at radius 1 is 1.17 bits per heavy atom. The Labute approximate surface area is 147 Å². The molecule has 0 bridgehead atoms. The van der Waals surface area contributed by atoms with E-state index in [0.29, 0.717) is 23.2 Å². The van der Waals surface area contributed by atoms with Crippen molar-refractivity contribution in [3.05, 3.63) is 11.6 Å². The molecule has 3 rings (SSSR count). The van der Waals surface area contributed by atoms with Crippen LogP contribution in [-0.4, -0.2) is 29.5 Å². The first kappa shape index (κ1) is 18.4. The van der Waals surface area contributed by atoms with Gasteiger partial charge in [-0.1, -0.05) is 25.5 Å². The summed E-state index contributed by atoms with van der Waals surface area (Å²) in [6.45, 7) is 8.00. The van der Waals surface area contributed by atoms with E-state index in [2.05, 4.69) is 26.8 Å². The number of hydrogen-bond acceptors (Lipinski definition) is 3. The molecule has 3 heteroatoms. The molecule has 3 nitrogen and oxygen atoms in total. The van der Waals surface area contributed by atoms with Gasteiger partial charge in [-0.05, 0) is 92.9 Å². The third-order valence-electron chi connectivity index (χ3n) is 8.48. The maximum absolute atomic E-state index is 10.1. The molecule has 4 N–H and O–H groups in total. The molecule has 7 atom stereocenters. The highest BCUT2D eigenvalue weighted by Crippen LogP contribution is 2.63. The van der Waals surface area contributed by atoms with E-state index in [9.17, 15) is 10.2 Å². The molecule has 2 unspecified atom stereocenters. The van der Waals surface area contributed by atoms with E-state index in [0.717, 1.165) is 25.8 Å². The van der Waals surface area contributed by atoms with Crippen molar-refractivity contribution in [3.63, 3.8) is 0 Å². The fourth-order valence-corrected chi connectivity index (χ4v) is 6.93. The third kappa shape index (κ3) is 2.68. The van der Waals surface area contributed by atoms with Crippen molar-refractivity contribution >= 4 is 0 Å². The fourth-order valence-electron chi connectivity index (χ4n) is 6.93. The Morgan fingerprint density at radius 3 is 2.54 bits per heavy atom. The minimum atomic E-state index is -0.235. The van der Waals surface area contributed by atoms with Crippen LogP contribution in [0.5, 0.6) is 0 Å². The van der Waals surface area contributed by atoms with E-state index in [4.69, 9.17) is 5.73 Å². The van der Waals surface area contributed by atoms with Gasteiger partial charge in [-0.15, -0.1) is 0 Å². The van der Waals surface area contributed by atoms with Crippen molar-refractivity contribution in [2.75, 3.05) is 13.2 Å². The van der Waals surface area contributed by atoms with Gasteiger partial charge in [0.25, 0.3) is 0 Å². The molecule has 0 amide bonds. The predicted molar refractivity (Wildman–Crippen MR) is 98.4 cm³/mol. The predicted octanol–water partition coefficient (Wildman–Crippen LogP) is 3.49. The van der Waals surface area contributed by atoms with E-state index in [1.54, 1.807) is 5.57 Å². The quantitative estimate of drug-likeness (QED) is 0.692. The summed E-state index contributed by atoms with van der Waals surface area (Å²) in [5.41, 5.74) is 8.45. The van der Waals surface area contributed by atoms with Crippen LogP contribution in [0.2, 0.25) is 0 Å². The largest absolute Gasteiger partial charge is 0.396 e. The molecule has 138 valence electrons. The molecule has 0 aromatic heterocycles. The molecule has 0 aromatic rings. The zero-order valence-corrected chi connectivity index (χ0v) is 15.8. The summed E-state index contributed by atoms with van der Waals surface area (Å²) in [5, 5.41) is 20.1. The molecule has 0 heterocycles. The first-order valence-electron chi connectivity index (χ1n) is 10.0. The number of fused-ring (bicyclic) bond motifs is 1. The first-order valence-corrected chi connectivity index (χ1v) is 10.0. The molecule has 3 saturated carbocycles. The van der Waals surface area contributed by atoms with Crippen LogP contribution in [0.1, 0.15) is 65.7 Å². The summed E-state index contributed by atoms with van der Waals surface area (Å²) in [5.74, 6) is 2.04. The number of nitrogens with two attached hydrogens (primary N) is 1. The van der Waals surface area contributed by atoms with Gasteiger partial charge in [-0.3, -0.25) is 0 Å². The second-order valence-corrected chi connectivity index (χ2v) is 9.23. The van der Waals surface area contributed by atoms with E-state index in [1.165, 1.54) is 25.7 Å². The van der Waals surface area contributed by atoms with Crippen LogP contribution in [0, 0.1) is 34.5 Å². The lowest BCUT2D eigenvalue weighted by Crippen LogP contribution is -2.52.